The van der Waals surface area contributed by atoms with E-state index in [1.807, 2.05) is 0 Å². The van der Waals surface area contributed by atoms with E-state index < -0.39 is 24.2 Å². The van der Waals surface area contributed by atoms with Crippen LogP contribution in [0.15, 0.2) is 18.2 Å². The summed E-state index contributed by atoms with van der Waals surface area (Å²) < 4.78 is 59.1. The van der Waals surface area contributed by atoms with E-state index in [-0.39, 0.29) is 17.3 Å². The van der Waals surface area contributed by atoms with Gasteiger partial charge in [0.15, 0.2) is 0 Å². The average molecular weight is 336 g/mol. The largest absolute Gasteiger partial charge is 0.461 e. The molecule has 0 spiro atoms. The number of nitrogen functional groups attached to an aromatic ring is 1. The average Bonchev–Trinajstić information content (AvgIpc) is 2.50. The lowest BCUT2D eigenvalue weighted by molar-refractivity contribution is -0.252. The predicted molar refractivity (Wildman–Crippen MR) is 73.7 cm³/mol. The van der Waals surface area contributed by atoms with Crippen LogP contribution in [0.4, 0.5) is 23.2 Å². The Morgan fingerprint density at radius 2 is 2.17 bits per heavy atom. The highest BCUT2D eigenvalue weighted by Gasteiger charge is 2.44. The van der Waals surface area contributed by atoms with Crippen LogP contribution in [0.1, 0.15) is 23.2 Å². The Morgan fingerprint density at radius 3 is 2.74 bits per heavy atom. The van der Waals surface area contributed by atoms with E-state index in [1.54, 1.807) is 0 Å². The number of ether oxygens (including phenoxy) is 2. The summed E-state index contributed by atoms with van der Waals surface area (Å²) in [5.41, 5.74) is 5.27. The van der Waals surface area contributed by atoms with E-state index in [0.717, 1.165) is 25.0 Å². The standard InChI is InChI=1S/C14H16F4N2O3/c15-13(16)14(17,18)23-11-4-3-8(6-10(11)19)12(21)20-9-2-1-5-22-7-9/h3-4,6,9,13H,1-2,5,7,19H2,(H,20,21)/t9-/m0/s1. The summed E-state index contributed by atoms with van der Waals surface area (Å²) in [6, 6.07) is 3.08. The van der Waals surface area contributed by atoms with E-state index in [2.05, 4.69) is 10.1 Å². The number of anilines is 1. The molecule has 3 N–H and O–H groups in total. The van der Waals surface area contributed by atoms with Gasteiger partial charge in [-0.25, -0.2) is 0 Å². The van der Waals surface area contributed by atoms with Crippen molar-refractivity contribution in [2.75, 3.05) is 18.9 Å². The number of benzene rings is 1. The second-order valence-electron chi connectivity index (χ2n) is 5.10. The second kappa shape index (κ2) is 7.03. The highest BCUT2D eigenvalue weighted by atomic mass is 19.3. The number of halogens is 4. The molecule has 1 amide bonds. The number of nitrogens with one attached hydrogen (secondary N) is 1. The highest BCUT2D eigenvalue weighted by molar-refractivity contribution is 5.95. The Morgan fingerprint density at radius 1 is 1.43 bits per heavy atom. The lowest BCUT2D eigenvalue weighted by atomic mass is 10.1. The van der Waals surface area contributed by atoms with E-state index in [9.17, 15) is 22.4 Å². The molecule has 5 nitrogen and oxygen atoms in total. The number of rotatable bonds is 5. The van der Waals surface area contributed by atoms with Crippen LogP contribution in [0, 0.1) is 0 Å². The maximum Gasteiger partial charge on any atom is 0.461 e. The Balaban J connectivity index is 2.04. The zero-order chi connectivity index (χ0) is 17.0. The van der Waals surface area contributed by atoms with Gasteiger partial charge in [-0.15, -0.1) is 0 Å². The van der Waals surface area contributed by atoms with Gasteiger partial charge < -0.3 is 20.5 Å². The minimum atomic E-state index is -4.66. The third-order valence-electron chi connectivity index (χ3n) is 3.27. The minimum Gasteiger partial charge on any atom is -0.426 e. The van der Waals surface area contributed by atoms with Crippen LogP contribution in [0.5, 0.6) is 5.75 Å². The molecule has 0 saturated carbocycles. The molecule has 0 bridgehead atoms. The van der Waals surface area contributed by atoms with Crippen molar-refractivity contribution in [2.24, 2.45) is 0 Å². The topological polar surface area (TPSA) is 73.6 Å². The van der Waals surface area contributed by atoms with Gasteiger partial charge in [0.25, 0.3) is 5.91 Å². The molecular weight excluding hydrogens is 320 g/mol. The molecule has 1 atom stereocenters. The maximum atomic E-state index is 12.9. The molecule has 0 unspecified atom stereocenters. The van der Waals surface area contributed by atoms with Gasteiger partial charge in [-0.3, -0.25) is 4.79 Å². The van der Waals surface area contributed by atoms with Gasteiger partial charge in [0.05, 0.1) is 18.3 Å². The first kappa shape index (κ1) is 17.3. The highest BCUT2D eigenvalue weighted by Crippen LogP contribution is 2.31. The number of carbonyl (C=O) groups excluding carboxylic acids is 1. The molecular formula is C14H16F4N2O3. The molecule has 2 rings (SSSR count). The summed E-state index contributed by atoms with van der Waals surface area (Å²) in [6.45, 7) is 1.03. The van der Waals surface area contributed by atoms with E-state index in [4.69, 9.17) is 10.5 Å². The van der Waals surface area contributed by atoms with Gasteiger partial charge in [0.2, 0.25) is 0 Å². The first-order valence-corrected chi connectivity index (χ1v) is 6.92. The van der Waals surface area contributed by atoms with Gasteiger partial charge in [-0.05, 0) is 31.0 Å². The summed E-state index contributed by atoms with van der Waals surface area (Å²) in [5, 5.41) is 2.72. The monoisotopic (exact) mass is 336 g/mol. The van der Waals surface area contributed by atoms with Gasteiger partial charge in [-0.2, -0.15) is 17.6 Å². The minimum absolute atomic E-state index is 0.112. The molecule has 1 aliphatic rings. The molecule has 1 heterocycles. The summed E-state index contributed by atoms with van der Waals surface area (Å²) in [6.07, 6.45) is -7.06. The van der Waals surface area contributed by atoms with Crippen molar-refractivity contribution in [1.29, 1.82) is 0 Å². The lowest BCUT2D eigenvalue weighted by Gasteiger charge is -2.23. The SMILES string of the molecule is Nc1cc(C(=O)N[C@H]2CCCOC2)ccc1OC(F)(F)C(F)F. The lowest BCUT2D eigenvalue weighted by Crippen LogP contribution is -2.40. The molecule has 1 aromatic carbocycles. The van der Waals surface area contributed by atoms with Gasteiger partial charge in [-0.1, -0.05) is 0 Å². The molecule has 1 aromatic rings. The maximum absolute atomic E-state index is 12.9. The smallest absolute Gasteiger partial charge is 0.426 e. The summed E-state index contributed by atoms with van der Waals surface area (Å²) in [7, 11) is 0. The zero-order valence-electron chi connectivity index (χ0n) is 12.0. The summed E-state index contributed by atoms with van der Waals surface area (Å²) in [5.74, 6) is -1.08. The van der Waals surface area contributed by atoms with Crippen molar-refractivity contribution in [3.8, 4) is 5.75 Å². The molecule has 128 valence electrons. The second-order valence-corrected chi connectivity index (χ2v) is 5.10. The molecule has 1 aliphatic heterocycles. The Kier molecular flexibility index (Phi) is 5.30. The normalized spacial score (nSPS) is 18.7. The van der Waals surface area contributed by atoms with Gasteiger partial charge in [0.1, 0.15) is 5.75 Å². The fraction of sp³-hybridized carbons (Fsp3) is 0.500. The van der Waals surface area contributed by atoms with Crippen LogP contribution < -0.4 is 15.8 Å². The number of nitrogens with two attached hydrogens (primary N) is 1. The number of alkyl halides is 4. The molecule has 9 heteroatoms. The fourth-order valence-electron chi connectivity index (χ4n) is 2.10. The number of amides is 1. The molecule has 0 aromatic heterocycles. The fourth-order valence-corrected chi connectivity index (χ4v) is 2.10. The quantitative estimate of drug-likeness (QED) is 0.640. The van der Waals surface area contributed by atoms with E-state index in [0.29, 0.717) is 13.2 Å². The molecule has 0 aliphatic carbocycles. The number of hydrogen-bond acceptors (Lipinski definition) is 4. The molecule has 1 saturated heterocycles. The number of hydrogen-bond donors (Lipinski definition) is 2. The molecule has 23 heavy (non-hydrogen) atoms. The van der Waals surface area contributed by atoms with Crippen LogP contribution in [0.2, 0.25) is 0 Å². The van der Waals surface area contributed by atoms with Crippen LogP contribution in [0.3, 0.4) is 0 Å². The molecule has 1 fully saturated rings. The first-order valence-electron chi connectivity index (χ1n) is 6.92. The first-order chi connectivity index (χ1) is 10.8. The van der Waals surface area contributed by atoms with Crippen molar-refractivity contribution >= 4 is 11.6 Å². The number of carbonyl (C=O) groups is 1. The third kappa shape index (κ3) is 4.47. The zero-order valence-corrected chi connectivity index (χ0v) is 12.0. The Hall–Kier alpha value is -2.03. The Labute approximate surface area is 129 Å². The van der Waals surface area contributed by atoms with Crippen molar-refractivity contribution in [3.63, 3.8) is 0 Å². The van der Waals surface area contributed by atoms with Crippen LogP contribution in [0.25, 0.3) is 0 Å². The van der Waals surface area contributed by atoms with E-state index >= 15 is 0 Å². The Bertz CT molecular complexity index is 563. The van der Waals surface area contributed by atoms with Crippen LogP contribution in [-0.4, -0.2) is 37.7 Å². The van der Waals surface area contributed by atoms with Crippen molar-refractivity contribution in [2.45, 2.75) is 31.4 Å². The van der Waals surface area contributed by atoms with Crippen molar-refractivity contribution < 1.29 is 31.8 Å². The van der Waals surface area contributed by atoms with E-state index in [1.165, 1.54) is 6.07 Å². The predicted octanol–water partition coefficient (Wildman–Crippen LogP) is 2.41. The summed E-state index contributed by atoms with van der Waals surface area (Å²) >= 11 is 0. The van der Waals surface area contributed by atoms with Crippen molar-refractivity contribution in [3.05, 3.63) is 23.8 Å². The van der Waals surface area contributed by atoms with Gasteiger partial charge >= 0.3 is 12.5 Å². The van der Waals surface area contributed by atoms with Gasteiger partial charge in [0, 0.05) is 12.2 Å². The summed E-state index contributed by atoms with van der Waals surface area (Å²) in [4.78, 5) is 12.0. The van der Waals surface area contributed by atoms with Crippen LogP contribution >= 0.6 is 0 Å². The van der Waals surface area contributed by atoms with Crippen LogP contribution in [-0.2, 0) is 4.74 Å². The third-order valence-corrected chi connectivity index (χ3v) is 3.27. The van der Waals surface area contributed by atoms with Crippen molar-refractivity contribution in [1.82, 2.24) is 5.32 Å². The molecule has 0 radical (unpaired) electrons.